The van der Waals surface area contributed by atoms with Gasteiger partial charge in [0.25, 0.3) is 0 Å². The molecule has 0 unspecified atom stereocenters. The molecule has 1 saturated heterocycles. The lowest BCUT2D eigenvalue weighted by atomic mass is 10.1. The van der Waals surface area contributed by atoms with E-state index in [0.29, 0.717) is 12.1 Å². The molecule has 1 heterocycles. The van der Waals surface area contributed by atoms with Crippen LogP contribution < -0.4 is 5.11 Å². The Bertz CT molecular complexity index is 536. The zero-order chi connectivity index (χ0) is 12.5. The van der Waals surface area contributed by atoms with Crippen LogP contribution in [0, 0.1) is 0 Å². The summed E-state index contributed by atoms with van der Waals surface area (Å²) < 4.78 is 28.8. The quantitative estimate of drug-likeness (QED) is 0.710. The van der Waals surface area contributed by atoms with Gasteiger partial charge < -0.3 is 9.84 Å². The molecule has 0 bridgehead atoms. The summed E-state index contributed by atoms with van der Waals surface area (Å²) in [5, 5.41) is 11.7. The first-order valence-corrected chi connectivity index (χ1v) is 6.68. The molecule has 92 valence electrons. The van der Waals surface area contributed by atoms with Crippen LogP contribution in [0.4, 0.5) is 0 Å². The highest BCUT2D eigenvalue weighted by Gasteiger charge is 2.35. The van der Waals surface area contributed by atoms with Crippen molar-refractivity contribution >= 4 is 15.7 Å². The first kappa shape index (κ1) is 11.8. The predicted octanol–water partition coefficient (Wildman–Crippen LogP) is -0.0352. The average Bonchev–Trinajstić information content (AvgIpc) is 2.34. The molecule has 1 aliphatic heterocycles. The molecule has 0 atom stereocenters. The minimum Gasteiger partial charge on any atom is -0.615 e. The monoisotopic (exact) mass is 254 g/mol. The normalized spacial score (nSPS) is 19.2. The first-order chi connectivity index (χ1) is 8.06. The highest BCUT2D eigenvalue weighted by Crippen LogP contribution is 2.29. The molecule has 0 N–H and O–H groups in total. The molecule has 1 aromatic carbocycles. The predicted molar refractivity (Wildman–Crippen MR) is 60.9 cm³/mol. The molecular weight excluding hydrogens is 242 g/mol. The van der Waals surface area contributed by atoms with Gasteiger partial charge in [-0.25, -0.2) is 8.42 Å². The van der Waals surface area contributed by atoms with Gasteiger partial charge in [-0.2, -0.15) is 0 Å². The Kier molecular flexibility index (Phi) is 2.97. The van der Waals surface area contributed by atoms with Gasteiger partial charge >= 0.3 is 0 Å². The van der Waals surface area contributed by atoms with Crippen LogP contribution in [-0.2, 0) is 14.8 Å². The molecule has 1 aromatic rings. The van der Waals surface area contributed by atoms with Gasteiger partial charge in [-0.05, 0) is 7.11 Å². The molecule has 6 heteroatoms. The number of nitrogens with zero attached hydrogens (tertiary/aromatic N) is 1. The molecule has 0 amide bonds. The van der Waals surface area contributed by atoms with Crippen LogP contribution in [0.2, 0.25) is 0 Å². The second-order valence-corrected chi connectivity index (χ2v) is 5.61. The number of benzene rings is 1. The van der Waals surface area contributed by atoms with Crippen LogP contribution in [0.1, 0.15) is 5.56 Å². The Morgan fingerprint density at radius 3 is 2.41 bits per heavy atom. The van der Waals surface area contributed by atoms with E-state index in [2.05, 4.69) is 4.74 Å². The summed E-state index contributed by atoms with van der Waals surface area (Å²) in [6, 6.07) is 8.64. The van der Waals surface area contributed by atoms with Crippen molar-refractivity contribution in [3.05, 3.63) is 41.8 Å². The minimum atomic E-state index is -3.33. The summed E-state index contributed by atoms with van der Waals surface area (Å²) in [7, 11) is -2.10. The zero-order valence-corrected chi connectivity index (χ0v) is 10.1. The highest BCUT2D eigenvalue weighted by atomic mass is 32.2. The van der Waals surface area contributed by atoms with Crippen molar-refractivity contribution in [3.63, 3.8) is 0 Å². The molecule has 5 nitrogen and oxygen atoms in total. The molecular formula is C11H12NO4S-. The molecule has 0 aromatic heterocycles. The number of sulfonamides is 1. The van der Waals surface area contributed by atoms with Crippen LogP contribution in [0.5, 0.6) is 0 Å². The lowest BCUT2D eigenvalue weighted by Gasteiger charge is -2.36. The van der Waals surface area contributed by atoms with Crippen molar-refractivity contribution in [3.8, 4) is 0 Å². The number of hydrogen-bond donors (Lipinski definition) is 0. The van der Waals surface area contributed by atoms with Crippen molar-refractivity contribution in [2.45, 2.75) is 0 Å². The van der Waals surface area contributed by atoms with E-state index in [-0.39, 0.29) is 11.4 Å². The van der Waals surface area contributed by atoms with Crippen LogP contribution in [0.25, 0.3) is 5.70 Å². The van der Waals surface area contributed by atoms with E-state index in [1.807, 2.05) is 0 Å². The third-order valence-electron chi connectivity index (χ3n) is 2.56. The third kappa shape index (κ3) is 2.08. The van der Waals surface area contributed by atoms with E-state index < -0.39 is 16.0 Å². The molecule has 17 heavy (non-hydrogen) atoms. The molecule has 2 rings (SSSR count). The van der Waals surface area contributed by atoms with Gasteiger partial charge in [0.05, 0.1) is 17.4 Å². The SMILES string of the molecule is CO/C([O-])=C(/c1ccccc1)N1CCS1(=O)=O. The van der Waals surface area contributed by atoms with E-state index in [1.165, 1.54) is 7.11 Å². The van der Waals surface area contributed by atoms with Crippen molar-refractivity contribution in [2.75, 3.05) is 19.4 Å². The summed E-state index contributed by atoms with van der Waals surface area (Å²) in [5.41, 5.74) is 0.627. The molecule has 0 spiro atoms. The van der Waals surface area contributed by atoms with Gasteiger partial charge in [-0.3, -0.25) is 4.31 Å². The number of hydrogen-bond acceptors (Lipinski definition) is 4. The lowest BCUT2D eigenvalue weighted by molar-refractivity contribution is -0.352. The van der Waals surface area contributed by atoms with Gasteiger partial charge in [0.15, 0.2) is 0 Å². The Morgan fingerprint density at radius 1 is 1.35 bits per heavy atom. The topological polar surface area (TPSA) is 69.7 Å². The Balaban J connectivity index is 2.48. The maximum absolute atomic E-state index is 11.7. The molecule has 0 radical (unpaired) electrons. The fourth-order valence-electron chi connectivity index (χ4n) is 1.64. The Morgan fingerprint density at radius 2 is 2.00 bits per heavy atom. The van der Waals surface area contributed by atoms with Gasteiger partial charge in [-0.1, -0.05) is 30.3 Å². The van der Waals surface area contributed by atoms with Crippen molar-refractivity contribution in [2.24, 2.45) is 0 Å². The average molecular weight is 254 g/mol. The molecule has 1 aliphatic rings. The van der Waals surface area contributed by atoms with Crippen molar-refractivity contribution in [1.82, 2.24) is 4.31 Å². The van der Waals surface area contributed by atoms with E-state index in [9.17, 15) is 13.5 Å². The second-order valence-electron chi connectivity index (χ2n) is 3.59. The standard InChI is InChI=1S/C11H13NO4S/c1-16-11(13)10(9-5-3-2-4-6-9)12-7-8-17(12,14)15/h2-6,13H,7-8H2,1H3/p-1/b11-10-. The molecule has 0 aliphatic carbocycles. The number of ether oxygens (including phenoxy) is 1. The van der Waals surface area contributed by atoms with Crippen molar-refractivity contribution < 1.29 is 18.3 Å². The fourth-order valence-corrected chi connectivity index (χ4v) is 2.76. The van der Waals surface area contributed by atoms with E-state index >= 15 is 0 Å². The second kappa shape index (κ2) is 4.29. The maximum atomic E-state index is 11.7. The van der Waals surface area contributed by atoms with Crippen LogP contribution in [0.15, 0.2) is 36.3 Å². The van der Waals surface area contributed by atoms with Gasteiger partial charge in [-0.15, -0.1) is 0 Å². The van der Waals surface area contributed by atoms with E-state index in [1.54, 1.807) is 30.3 Å². The Hall–Kier alpha value is -1.69. The van der Waals surface area contributed by atoms with Crippen LogP contribution in [-0.4, -0.2) is 32.1 Å². The summed E-state index contributed by atoms with van der Waals surface area (Å²) >= 11 is 0. The van der Waals surface area contributed by atoms with Gasteiger partial charge in [0, 0.05) is 12.1 Å². The first-order valence-electron chi connectivity index (χ1n) is 5.07. The largest absolute Gasteiger partial charge is 0.615 e. The molecule has 0 saturated carbocycles. The van der Waals surface area contributed by atoms with Gasteiger partial charge in [0.1, 0.15) is 0 Å². The van der Waals surface area contributed by atoms with E-state index in [0.717, 1.165) is 4.31 Å². The summed E-state index contributed by atoms with van der Waals surface area (Å²) in [4.78, 5) is 0. The number of rotatable bonds is 3. The zero-order valence-electron chi connectivity index (χ0n) is 9.29. The maximum Gasteiger partial charge on any atom is 0.237 e. The van der Waals surface area contributed by atoms with Crippen LogP contribution in [0.3, 0.4) is 0 Å². The van der Waals surface area contributed by atoms with Crippen LogP contribution >= 0.6 is 0 Å². The summed E-state index contributed by atoms with van der Waals surface area (Å²) in [6.45, 7) is 0.321. The number of methoxy groups -OCH3 is 1. The smallest absolute Gasteiger partial charge is 0.237 e. The molecule has 1 fully saturated rings. The Labute approximate surface area is 100.0 Å². The summed E-state index contributed by atoms with van der Waals surface area (Å²) in [5.74, 6) is -0.570. The summed E-state index contributed by atoms with van der Waals surface area (Å²) in [6.07, 6.45) is 0. The van der Waals surface area contributed by atoms with Gasteiger partial charge in [0.2, 0.25) is 10.0 Å². The highest BCUT2D eigenvalue weighted by molar-refractivity contribution is 7.90. The fraction of sp³-hybridized carbons (Fsp3) is 0.273. The lowest BCUT2D eigenvalue weighted by Crippen LogP contribution is -2.47. The van der Waals surface area contributed by atoms with E-state index in [4.69, 9.17) is 0 Å². The van der Waals surface area contributed by atoms with Crippen molar-refractivity contribution in [1.29, 1.82) is 0 Å². The third-order valence-corrected chi connectivity index (χ3v) is 4.30. The minimum absolute atomic E-state index is 0.0698.